The molecule has 1 N–H and O–H groups in total. The van der Waals surface area contributed by atoms with Crippen molar-refractivity contribution in [3.8, 4) is 23.0 Å². The van der Waals surface area contributed by atoms with Gasteiger partial charge in [-0.2, -0.15) is 0 Å². The minimum absolute atomic E-state index is 0.447. The lowest BCUT2D eigenvalue weighted by Crippen LogP contribution is -2.37. The van der Waals surface area contributed by atoms with Crippen molar-refractivity contribution >= 4 is 5.97 Å². The van der Waals surface area contributed by atoms with Gasteiger partial charge in [0.05, 0.1) is 12.3 Å². The van der Waals surface area contributed by atoms with Crippen LogP contribution in [0.3, 0.4) is 0 Å². The summed E-state index contributed by atoms with van der Waals surface area (Å²) < 4.78 is 17.1. The van der Waals surface area contributed by atoms with Crippen LogP contribution >= 0.6 is 0 Å². The Morgan fingerprint density at radius 1 is 1.13 bits per heavy atom. The molecule has 1 heterocycles. The molecule has 0 atom stereocenters. The standard InChI is InChI=1S/C24H27NO5/c1-5-17-7-6-8-18(15-17)22-25-21(16(2)29-22)13-14-28-19-9-11-20(12-10-19)30-24(3,4)23(26)27/h6-12,15H,5,13-14H2,1-4H3,(H,26,27). The van der Waals surface area contributed by atoms with Crippen LogP contribution in [0.4, 0.5) is 0 Å². The van der Waals surface area contributed by atoms with Gasteiger partial charge in [-0.3, -0.25) is 0 Å². The minimum Gasteiger partial charge on any atom is -0.493 e. The molecule has 30 heavy (non-hydrogen) atoms. The maximum atomic E-state index is 11.2. The molecule has 158 valence electrons. The van der Waals surface area contributed by atoms with E-state index in [-0.39, 0.29) is 0 Å². The fourth-order valence-electron chi connectivity index (χ4n) is 2.92. The van der Waals surface area contributed by atoms with Gasteiger partial charge in [-0.1, -0.05) is 19.1 Å². The van der Waals surface area contributed by atoms with Gasteiger partial charge in [0.15, 0.2) is 5.60 Å². The Hall–Kier alpha value is -3.28. The predicted octanol–water partition coefficient (Wildman–Crippen LogP) is 5.08. The van der Waals surface area contributed by atoms with Crippen LogP contribution in [0.15, 0.2) is 52.9 Å². The fraction of sp³-hybridized carbons (Fsp3) is 0.333. The van der Waals surface area contributed by atoms with Crippen molar-refractivity contribution in [2.75, 3.05) is 6.61 Å². The second-order valence-corrected chi connectivity index (χ2v) is 7.56. The van der Waals surface area contributed by atoms with Crippen molar-refractivity contribution in [2.45, 2.75) is 46.1 Å². The minimum atomic E-state index is -1.29. The molecule has 0 spiro atoms. The smallest absolute Gasteiger partial charge is 0.347 e. The molecule has 0 radical (unpaired) electrons. The lowest BCUT2D eigenvalue weighted by atomic mass is 10.1. The van der Waals surface area contributed by atoms with Crippen LogP contribution in [-0.2, 0) is 17.6 Å². The molecule has 6 nitrogen and oxygen atoms in total. The number of aromatic nitrogens is 1. The van der Waals surface area contributed by atoms with Crippen LogP contribution in [0.5, 0.6) is 11.5 Å². The first-order valence-electron chi connectivity index (χ1n) is 9.99. The van der Waals surface area contributed by atoms with Gasteiger partial charge < -0.3 is 19.0 Å². The third-order valence-electron chi connectivity index (χ3n) is 4.79. The molecule has 0 aliphatic rings. The number of ether oxygens (including phenoxy) is 2. The lowest BCUT2D eigenvalue weighted by Gasteiger charge is -2.21. The zero-order valence-corrected chi connectivity index (χ0v) is 17.8. The highest BCUT2D eigenvalue weighted by atomic mass is 16.5. The SMILES string of the molecule is CCc1cccc(-c2nc(CCOc3ccc(OC(C)(C)C(=O)O)cc3)c(C)o2)c1. The lowest BCUT2D eigenvalue weighted by molar-refractivity contribution is -0.152. The zero-order valence-electron chi connectivity index (χ0n) is 17.8. The Balaban J connectivity index is 1.58. The number of nitrogens with zero attached hydrogens (tertiary/aromatic N) is 1. The van der Waals surface area contributed by atoms with Gasteiger partial charge in [0.25, 0.3) is 0 Å². The first kappa shape index (κ1) is 21.4. The summed E-state index contributed by atoms with van der Waals surface area (Å²) in [5.74, 6) is 1.54. The van der Waals surface area contributed by atoms with E-state index in [0.717, 1.165) is 23.4 Å². The number of aliphatic carboxylic acids is 1. The topological polar surface area (TPSA) is 81.8 Å². The van der Waals surface area contributed by atoms with Gasteiger partial charge in [0.2, 0.25) is 5.89 Å². The number of hydrogen-bond acceptors (Lipinski definition) is 5. The average molecular weight is 409 g/mol. The van der Waals surface area contributed by atoms with Crippen molar-refractivity contribution in [1.29, 1.82) is 0 Å². The molecular weight excluding hydrogens is 382 g/mol. The highest BCUT2D eigenvalue weighted by Crippen LogP contribution is 2.24. The number of aryl methyl sites for hydroxylation is 2. The summed E-state index contributed by atoms with van der Waals surface area (Å²) in [5, 5.41) is 9.14. The van der Waals surface area contributed by atoms with Crippen LogP contribution in [0.2, 0.25) is 0 Å². The third-order valence-corrected chi connectivity index (χ3v) is 4.79. The fourth-order valence-corrected chi connectivity index (χ4v) is 2.92. The van der Waals surface area contributed by atoms with E-state index in [1.54, 1.807) is 24.3 Å². The van der Waals surface area contributed by atoms with Crippen LogP contribution < -0.4 is 9.47 Å². The summed E-state index contributed by atoms with van der Waals surface area (Å²) in [6, 6.07) is 15.1. The van der Waals surface area contributed by atoms with Gasteiger partial charge in [-0.15, -0.1) is 0 Å². The van der Waals surface area contributed by atoms with Crippen molar-refractivity contribution in [3.63, 3.8) is 0 Å². The number of carboxylic acid groups (broad SMARTS) is 1. The molecule has 0 aliphatic heterocycles. The highest BCUT2D eigenvalue weighted by Gasteiger charge is 2.29. The molecule has 0 aliphatic carbocycles. The maximum absolute atomic E-state index is 11.2. The number of benzene rings is 2. The maximum Gasteiger partial charge on any atom is 0.347 e. The number of oxazole rings is 1. The molecule has 3 rings (SSSR count). The van der Waals surface area contributed by atoms with E-state index in [1.165, 1.54) is 19.4 Å². The van der Waals surface area contributed by atoms with E-state index in [1.807, 2.05) is 19.1 Å². The van der Waals surface area contributed by atoms with Crippen LogP contribution in [0, 0.1) is 6.92 Å². The molecule has 2 aromatic carbocycles. The first-order chi connectivity index (χ1) is 14.3. The Morgan fingerprint density at radius 2 is 1.83 bits per heavy atom. The molecule has 6 heteroatoms. The highest BCUT2D eigenvalue weighted by molar-refractivity contribution is 5.76. The summed E-state index contributed by atoms with van der Waals surface area (Å²) in [6.45, 7) is 7.49. The van der Waals surface area contributed by atoms with E-state index < -0.39 is 11.6 Å². The van der Waals surface area contributed by atoms with Crippen LogP contribution in [0.1, 0.15) is 37.8 Å². The summed E-state index contributed by atoms with van der Waals surface area (Å²) in [5.41, 5.74) is 1.80. The van der Waals surface area contributed by atoms with Gasteiger partial charge in [0.1, 0.15) is 17.3 Å². The second kappa shape index (κ2) is 9.03. The van der Waals surface area contributed by atoms with Crippen molar-refractivity contribution < 1.29 is 23.8 Å². The van der Waals surface area contributed by atoms with E-state index in [4.69, 9.17) is 19.0 Å². The largest absolute Gasteiger partial charge is 0.493 e. The quantitative estimate of drug-likeness (QED) is 0.531. The number of hydrogen-bond donors (Lipinski definition) is 1. The van der Waals surface area contributed by atoms with E-state index in [9.17, 15) is 4.79 Å². The molecule has 0 bridgehead atoms. The normalized spacial score (nSPS) is 11.3. The summed E-state index contributed by atoms with van der Waals surface area (Å²) >= 11 is 0. The molecule has 1 aromatic heterocycles. The van der Waals surface area contributed by atoms with Crippen LogP contribution in [-0.4, -0.2) is 28.3 Å². The zero-order chi connectivity index (χ0) is 21.7. The molecule has 3 aromatic rings. The Bertz CT molecular complexity index is 1000. The molecule has 0 saturated carbocycles. The summed E-state index contributed by atoms with van der Waals surface area (Å²) in [7, 11) is 0. The van der Waals surface area contributed by atoms with Gasteiger partial charge >= 0.3 is 5.97 Å². The number of rotatable bonds is 9. The summed E-state index contributed by atoms with van der Waals surface area (Å²) in [6.07, 6.45) is 1.58. The van der Waals surface area contributed by atoms with Crippen molar-refractivity contribution in [2.24, 2.45) is 0 Å². The Morgan fingerprint density at radius 3 is 2.50 bits per heavy atom. The van der Waals surface area contributed by atoms with Gasteiger partial charge in [-0.25, -0.2) is 9.78 Å². The molecule has 0 fully saturated rings. The Kier molecular flexibility index (Phi) is 6.45. The molecular formula is C24H27NO5. The molecule has 0 unspecified atom stereocenters. The van der Waals surface area contributed by atoms with Gasteiger partial charge in [-0.05, 0) is 69.2 Å². The van der Waals surface area contributed by atoms with E-state index in [0.29, 0.717) is 30.4 Å². The second-order valence-electron chi connectivity index (χ2n) is 7.56. The van der Waals surface area contributed by atoms with Gasteiger partial charge in [0, 0.05) is 12.0 Å². The number of carboxylic acids is 1. The van der Waals surface area contributed by atoms with E-state index in [2.05, 4.69) is 24.0 Å². The Labute approximate surface area is 176 Å². The predicted molar refractivity (Wildman–Crippen MR) is 114 cm³/mol. The van der Waals surface area contributed by atoms with Crippen LogP contribution in [0.25, 0.3) is 11.5 Å². The van der Waals surface area contributed by atoms with Crippen molar-refractivity contribution in [1.82, 2.24) is 4.98 Å². The first-order valence-corrected chi connectivity index (χ1v) is 9.99. The number of carbonyl (C=O) groups is 1. The monoisotopic (exact) mass is 409 g/mol. The molecule has 0 amide bonds. The van der Waals surface area contributed by atoms with Crippen molar-refractivity contribution in [3.05, 3.63) is 65.5 Å². The average Bonchev–Trinajstić information content (AvgIpc) is 3.10. The molecule has 0 saturated heterocycles. The van der Waals surface area contributed by atoms with E-state index >= 15 is 0 Å². The summed E-state index contributed by atoms with van der Waals surface area (Å²) in [4.78, 5) is 15.8. The third kappa shape index (κ3) is 5.20.